The number of pyridine rings is 1. The van der Waals surface area contributed by atoms with E-state index in [0.29, 0.717) is 17.1 Å². The van der Waals surface area contributed by atoms with Gasteiger partial charge in [0.2, 0.25) is 0 Å². The van der Waals surface area contributed by atoms with Crippen LogP contribution in [0.3, 0.4) is 0 Å². The normalized spacial score (nSPS) is 12.8. The fourth-order valence-electron chi connectivity index (χ4n) is 9.10. The van der Waals surface area contributed by atoms with Gasteiger partial charge in [-0.25, -0.2) is 4.98 Å². The second-order valence-corrected chi connectivity index (χ2v) is 20.7. The fraction of sp³-hybridized carbons (Fsp3) is 0.197. The number of hydrogen-bond acceptors (Lipinski definition) is 5. The number of nitrogens with zero attached hydrogens (tertiary/aromatic N) is 5. The Morgan fingerprint density at radius 3 is 2.01 bits per heavy atom. The maximum absolute atomic E-state index is 9.95. The van der Waals surface area contributed by atoms with E-state index in [1.165, 1.54) is 16.7 Å². The Morgan fingerprint density at radius 2 is 1.29 bits per heavy atom. The van der Waals surface area contributed by atoms with Gasteiger partial charge in [-0.1, -0.05) is 141 Å². The molecule has 9 aromatic rings. The largest absolute Gasteiger partial charge is 0.509 e. The number of fused-ring (bicyclic) bond motifs is 4. The molecule has 68 heavy (non-hydrogen) atoms. The van der Waals surface area contributed by atoms with Gasteiger partial charge in [0.1, 0.15) is 5.82 Å². The van der Waals surface area contributed by atoms with Crippen LogP contribution in [0.25, 0.3) is 49.9 Å². The molecule has 7 heteroatoms. The van der Waals surface area contributed by atoms with Gasteiger partial charge in [0.25, 0.3) is 0 Å². The van der Waals surface area contributed by atoms with Crippen LogP contribution >= 0.6 is 0 Å². The van der Waals surface area contributed by atoms with Gasteiger partial charge < -0.3 is 19.1 Å². The van der Waals surface area contributed by atoms with Crippen molar-refractivity contribution in [2.45, 2.75) is 78.6 Å². The van der Waals surface area contributed by atoms with Gasteiger partial charge >= 0.3 is 0 Å². The maximum Gasteiger partial charge on any atom is 0.135 e. The van der Waals surface area contributed by atoms with Crippen molar-refractivity contribution in [3.05, 3.63) is 199 Å². The van der Waals surface area contributed by atoms with Crippen LogP contribution < -0.4 is 14.5 Å². The van der Waals surface area contributed by atoms with Gasteiger partial charge in [-0.15, -0.1) is 48.1 Å². The van der Waals surface area contributed by atoms with Crippen molar-refractivity contribution >= 4 is 44.6 Å². The molecule has 6 nitrogen and oxygen atoms in total. The third-order valence-corrected chi connectivity index (χ3v) is 12.8. The first-order chi connectivity index (χ1) is 32.0. The van der Waals surface area contributed by atoms with Gasteiger partial charge in [-0.3, -0.25) is 0 Å². The number of rotatable bonds is 7. The van der Waals surface area contributed by atoms with E-state index in [1.807, 2.05) is 48.7 Å². The molecular formula is C61H54N5OPt-3. The first-order valence-corrected chi connectivity index (χ1v) is 23.0. The van der Waals surface area contributed by atoms with Crippen molar-refractivity contribution in [2.24, 2.45) is 0 Å². The molecule has 0 unspecified atom stereocenters. The van der Waals surface area contributed by atoms with Crippen molar-refractivity contribution in [1.82, 2.24) is 9.55 Å². The second-order valence-electron chi connectivity index (χ2n) is 20.7. The Labute approximate surface area is 415 Å². The molecule has 0 fully saturated rings. The van der Waals surface area contributed by atoms with Crippen molar-refractivity contribution in [3.8, 4) is 45.6 Å². The molecule has 0 aliphatic carbocycles. The molecule has 0 saturated carbocycles. The summed E-state index contributed by atoms with van der Waals surface area (Å²) < 4.78 is 8.84. The summed E-state index contributed by atoms with van der Waals surface area (Å²) in [6.45, 7) is 22.3. The molecule has 0 saturated heterocycles. The Kier molecular flexibility index (Phi) is 12.0. The Morgan fingerprint density at radius 1 is 0.574 bits per heavy atom. The number of aromatic nitrogens is 2. The van der Waals surface area contributed by atoms with Crippen molar-refractivity contribution < 1.29 is 25.8 Å². The summed E-state index contributed by atoms with van der Waals surface area (Å²) in [5.41, 5.74) is 14.5. The summed E-state index contributed by atoms with van der Waals surface area (Å²) in [7, 11) is 0. The van der Waals surface area contributed by atoms with Crippen LogP contribution in [0.1, 0.15) is 84.6 Å². The Balaban J connectivity index is 0.00000578. The first-order valence-electron chi connectivity index (χ1n) is 23.0. The van der Waals surface area contributed by atoms with Crippen molar-refractivity contribution in [2.75, 3.05) is 9.80 Å². The predicted molar refractivity (Wildman–Crippen MR) is 276 cm³/mol. The smallest absolute Gasteiger partial charge is 0.135 e. The average molecular weight is 1070 g/mol. The maximum atomic E-state index is 9.95. The van der Waals surface area contributed by atoms with Crippen LogP contribution in [0.15, 0.2) is 158 Å². The summed E-state index contributed by atoms with van der Waals surface area (Å²) in [4.78, 5) is 9.61. The molecule has 10 rings (SSSR count). The molecule has 0 radical (unpaired) electrons. The van der Waals surface area contributed by atoms with E-state index in [4.69, 9.17) is 9.72 Å². The van der Waals surface area contributed by atoms with Crippen LogP contribution in [0, 0.1) is 30.1 Å². The molecule has 1 aliphatic heterocycles. The van der Waals surface area contributed by atoms with Gasteiger partial charge in [0.15, 0.2) is 0 Å². The van der Waals surface area contributed by atoms with Crippen LogP contribution in [-0.4, -0.2) is 9.55 Å². The van der Waals surface area contributed by atoms with Crippen molar-refractivity contribution in [1.29, 1.82) is 5.26 Å². The third-order valence-electron chi connectivity index (χ3n) is 12.8. The Hall–Kier alpha value is -6.93. The molecule has 2 aromatic heterocycles. The van der Waals surface area contributed by atoms with E-state index >= 15 is 0 Å². The molecule has 0 atom stereocenters. The summed E-state index contributed by atoms with van der Waals surface area (Å²) in [6.07, 6.45) is 2.00. The molecule has 0 N–H and O–H groups in total. The summed E-state index contributed by atoms with van der Waals surface area (Å²) in [6, 6.07) is 62.4. The molecular weight excluding hydrogens is 1010 g/mol. The molecule has 7 aromatic carbocycles. The van der Waals surface area contributed by atoms with Crippen LogP contribution in [0.2, 0.25) is 0 Å². The number of nitriles is 1. The monoisotopic (exact) mass is 1070 g/mol. The van der Waals surface area contributed by atoms with Crippen LogP contribution in [-0.2, 0) is 37.3 Å². The standard InChI is InChI=1S/C61H54N5O.Pt/c1-59(2,3)44-25-22-42(23-26-44)52-38-63-58(36-53(52)61(7,8)9)66-54-29-21-40(37-62)31-51(54)50-28-27-49(35-56(50)66)67-48-20-14-19-47(34-48)65-39-64(46-18-13-17-45(33-46)60(4,5)6)55-30-24-43(32-57(55)65)41-15-11-10-12-16-41;/h10-33,36,38-39H,1-9H3;/q-3;. The average Bonchev–Trinajstić information content (AvgIpc) is 3.86. The SMILES string of the molecule is CC(C)(C)c1ccc(-c2cnc(-n3c4[c-]c(Oc5[c-]c(N6[CH-]N(c7cccc(C(C)(C)C)c7)c7ccc(-c8ccccc8)cc76)ccc5)ccc4c4cc(C#N)ccc43)cc2C(C)(C)C)cc1.[Pt]. The predicted octanol–water partition coefficient (Wildman–Crippen LogP) is 16.1. The van der Waals surface area contributed by atoms with E-state index in [2.05, 4.69) is 211 Å². The zero-order chi connectivity index (χ0) is 46.8. The summed E-state index contributed by atoms with van der Waals surface area (Å²) in [5, 5.41) is 11.8. The molecule has 1 aliphatic rings. The van der Waals surface area contributed by atoms with Gasteiger partial charge in [-0.2, -0.15) is 17.4 Å². The Bertz CT molecular complexity index is 3380. The fourth-order valence-corrected chi connectivity index (χ4v) is 9.10. The molecule has 342 valence electrons. The third kappa shape index (κ3) is 8.73. The number of anilines is 4. The quantitative estimate of drug-likeness (QED) is 0.149. The number of benzene rings is 7. The molecule has 0 bridgehead atoms. The molecule has 3 heterocycles. The van der Waals surface area contributed by atoms with Crippen LogP contribution in [0.4, 0.5) is 22.7 Å². The number of ether oxygens (including phenoxy) is 1. The van der Waals surface area contributed by atoms with E-state index in [0.717, 1.165) is 72.6 Å². The first kappa shape index (κ1) is 46.2. The van der Waals surface area contributed by atoms with E-state index < -0.39 is 0 Å². The van der Waals surface area contributed by atoms with E-state index in [9.17, 15) is 5.26 Å². The van der Waals surface area contributed by atoms with Gasteiger partial charge in [-0.05, 0) is 104 Å². The minimum absolute atomic E-state index is 0. The van der Waals surface area contributed by atoms with Crippen molar-refractivity contribution in [3.63, 3.8) is 0 Å². The van der Waals surface area contributed by atoms with E-state index in [-0.39, 0.29) is 37.3 Å². The zero-order valence-electron chi connectivity index (χ0n) is 40.0. The van der Waals surface area contributed by atoms with Gasteiger partial charge in [0.05, 0.1) is 11.6 Å². The topological polar surface area (TPSA) is 57.3 Å². The minimum Gasteiger partial charge on any atom is -0.509 e. The minimum atomic E-state index is -0.189. The molecule has 0 spiro atoms. The summed E-state index contributed by atoms with van der Waals surface area (Å²) >= 11 is 0. The van der Waals surface area contributed by atoms with E-state index in [1.54, 1.807) is 0 Å². The summed E-state index contributed by atoms with van der Waals surface area (Å²) in [5.74, 6) is 1.86. The number of hydrogen-bond donors (Lipinski definition) is 0. The molecule has 0 amide bonds. The van der Waals surface area contributed by atoms with Crippen LogP contribution in [0.5, 0.6) is 11.5 Å². The zero-order valence-corrected chi connectivity index (χ0v) is 42.3. The second kappa shape index (κ2) is 17.6. The van der Waals surface area contributed by atoms with Gasteiger partial charge in [0, 0.05) is 66.9 Å².